The van der Waals surface area contributed by atoms with Gasteiger partial charge in [-0.05, 0) is 37.0 Å². The molecule has 2 aliphatic rings. The number of aromatic nitrogens is 3. The Kier molecular flexibility index (Phi) is 3.41. The summed E-state index contributed by atoms with van der Waals surface area (Å²) in [6.07, 6.45) is 6.94. The van der Waals surface area contributed by atoms with E-state index in [9.17, 15) is 4.79 Å². The number of thiophene rings is 1. The molecule has 1 aliphatic heterocycles. The minimum atomic E-state index is 0.0489. The molecule has 0 bridgehead atoms. The third-order valence-electron chi connectivity index (χ3n) is 4.80. The number of carbonyl (C=O) groups is 1. The molecule has 1 amide bonds. The van der Waals surface area contributed by atoms with Gasteiger partial charge in [0.05, 0.1) is 11.9 Å². The van der Waals surface area contributed by atoms with Crippen molar-refractivity contribution in [3.8, 4) is 11.4 Å². The topological polar surface area (TPSA) is 71.0 Å². The zero-order chi connectivity index (χ0) is 16.8. The summed E-state index contributed by atoms with van der Waals surface area (Å²) in [5, 5.41) is 4.04. The van der Waals surface area contributed by atoms with Crippen molar-refractivity contribution in [2.24, 2.45) is 0 Å². The van der Waals surface area contributed by atoms with Crippen LogP contribution < -0.4 is 10.2 Å². The van der Waals surface area contributed by atoms with Gasteiger partial charge in [0.1, 0.15) is 10.6 Å². The number of rotatable bonds is 2. The molecule has 7 heteroatoms. The fraction of sp³-hybridized carbons (Fsp3) is 0.333. The van der Waals surface area contributed by atoms with Crippen LogP contribution in [-0.2, 0) is 17.6 Å². The highest BCUT2D eigenvalue weighted by Crippen LogP contribution is 2.41. The number of piperazine rings is 1. The number of anilines is 1. The van der Waals surface area contributed by atoms with Gasteiger partial charge in [-0.25, -0.2) is 9.97 Å². The van der Waals surface area contributed by atoms with Crippen LogP contribution in [0.1, 0.15) is 16.9 Å². The van der Waals surface area contributed by atoms with Crippen LogP contribution in [0.3, 0.4) is 0 Å². The predicted molar refractivity (Wildman–Crippen MR) is 97.9 cm³/mol. The SMILES string of the molecule is O=C1CN(c2nc(-c3cccnc3)nc3sc4c(c23)CCC4)CCN1. The second-order valence-electron chi connectivity index (χ2n) is 6.42. The van der Waals surface area contributed by atoms with Crippen molar-refractivity contribution < 1.29 is 4.79 Å². The molecule has 4 heterocycles. The number of hydrogen-bond acceptors (Lipinski definition) is 6. The Morgan fingerprint density at radius 3 is 3.04 bits per heavy atom. The lowest BCUT2D eigenvalue weighted by Gasteiger charge is -2.28. The maximum atomic E-state index is 11.9. The van der Waals surface area contributed by atoms with Gasteiger partial charge in [-0.2, -0.15) is 0 Å². The van der Waals surface area contributed by atoms with Crippen molar-refractivity contribution in [1.29, 1.82) is 0 Å². The Labute approximate surface area is 148 Å². The van der Waals surface area contributed by atoms with Gasteiger partial charge in [-0.1, -0.05) is 0 Å². The first kappa shape index (κ1) is 14.8. The molecular formula is C18H17N5OS. The minimum absolute atomic E-state index is 0.0489. The molecule has 1 saturated heterocycles. The summed E-state index contributed by atoms with van der Waals surface area (Å²) in [7, 11) is 0. The average Bonchev–Trinajstić information content (AvgIpc) is 3.22. The highest BCUT2D eigenvalue weighted by atomic mass is 32.1. The maximum absolute atomic E-state index is 11.9. The van der Waals surface area contributed by atoms with Crippen molar-refractivity contribution in [1.82, 2.24) is 20.3 Å². The van der Waals surface area contributed by atoms with E-state index in [0.717, 1.165) is 41.0 Å². The van der Waals surface area contributed by atoms with E-state index in [0.29, 0.717) is 18.9 Å². The second-order valence-corrected chi connectivity index (χ2v) is 7.51. The number of carbonyl (C=O) groups excluding carboxylic acids is 1. The molecule has 1 fully saturated rings. The van der Waals surface area contributed by atoms with Gasteiger partial charge in [0, 0.05) is 35.9 Å². The third-order valence-corrected chi connectivity index (χ3v) is 5.99. The highest BCUT2D eigenvalue weighted by molar-refractivity contribution is 7.19. The van der Waals surface area contributed by atoms with Crippen LogP contribution in [0.5, 0.6) is 0 Å². The Morgan fingerprint density at radius 1 is 1.24 bits per heavy atom. The van der Waals surface area contributed by atoms with E-state index in [1.807, 2.05) is 12.1 Å². The highest BCUT2D eigenvalue weighted by Gasteiger charge is 2.27. The summed E-state index contributed by atoms with van der Waals surface area (Å²) in [5.41, 5.74) is 2.29. The van der Waals surface area contributed by atoms with Gasteiger partial charge in [-0.15, -0.1) is 11.3 Å². The van der Waals surface area contributed by atoms with E-state index in [4.69, 9.17) is 9.97 Å². The van der Waals surface area contributed by atoms with E-state index >= 15 is 0 Å². The smallest absolute Gasteiger partial charge is 0.239 e. The average molecular weight is 351 g/mol. The van der Waals surface area contributed by atoms with E-state index in [1.165, 1.54) is 16.9 Å². The van der Waals surface area contributed by atoms with Gasteiger partial charge in [0.25, 0.3) is 0 Å². The monoisotopic (exact) mass is 351 g/mol. The number of amides is 1. The molecule has 0 aromatic carbocycles. The fourth-order valence-corrected chi connectivity index (χ4v) is 4.90. The summed E-state index contributed by atoms with van der Waals surface area (Å²) in [5.74, 6) is 1.63. The number of aryl methyl sites for hydroxylation is 2. The Bertz CT molecular complexity index is 969. The quantitative estimate of drug-likeness (QED) is 0.766. The van der Waals surface area contributed by atoms with Gasteiger partial charge in [0.2, 0.25) is 5.91 Å². The maximum Gasteiger partial charge on any atom is 0.239 e. The molecule has 1 N–H and O–H groups in total. The van der Waals surface area contributed by atoms with Crippen molar-refractivity contribution in [3.63, 3.8) is 0 Å². The fourth-order valence-electron chi connectivity index (χ4n) is 3.65. The molecule has 0 saturated carbocycles. The first-order valence-corrected chi connectivity index (χ1v) is 9.35. The molecule has 0 unspecified atom stereocenters. The zero-order valence-electron chi connectivity index (χ0n) is 13.7. The second kappa shape index (κ2) is 5.77. The predicted octanol–water partition coefficient (Wildman–Crippen LogP) is 2.18. The van der Waals surface area contributed by atoms with Crippen LogP contribution in [0.25, 0.3) is 21.6 Å². The van der Waals surface area contributed by atoms with Crippen LogP contribution in [-0.4, -0.2) is 40.5 Å². The molecule has 0 atom stereocenters. The Hall–Kier alpha value is -2.54. The van der Waals surface area contributed by atoms with Gasteiger partial charge in [-0.3, -0.25) is 9.78 Å². The largest absolute Gasteiger partial charge is 0.353 e. The molecule has 25 heavy (non-hydrogen) atoms. The first-order chi connectivity index (χ1) is 12.3. The van der Waals surface area contributed by atoms with Gasteiger partial charge in [0.15, 0.2) is 5.82 Å². The molecule has 3 aromatic rings. The van der Waals surface area contributed by atoms with Crippen molar-refractivity contribution in [2.75, 3.05) is 24.5 Å². The van der Waals surface area contributed by atoms with Crippen LogP contribution in [0.2, 0.25) is 0 Å². The number of hydrogen-bond donors (Lipinski definition) is 1. The molecule has 3 aromatic heterocycles. The lowest BCUT2D eigenvalue weighted by molar-refractivity contribution is -0.120. The van der Waals surface area contributed by atoms with Crippen LogP contribution in [0, 0.1) is 0 Å². The minimum Gasteiger partial charge on any atom is -0.353 e. The zero-order valence-corrected chi connectivity index (χ0v) is 14.5. The Balaban J connectivity index is 1.73. The normalized spacial score (nSPS) is 17.0. The standard InChI is InChI=1S/C18H17N5OS/c24-14-10-23(8-7-20-14)17-15-12-4-1-5-13(12)25-18(15)22-16(21-17)11-3-2-6-19-9-11/h2-3,6,9H,1,4-5,7-8,10H2,(H,20,24). The first-order valence-electron chi connectivity index (χ1n) is 8.54. The summed E-state index contributed by atoms with van der Waals surface area (Å²) in [4.78, 5) is 30.3. The molecule has 0 radical (unpaired) electrons. The number of nitrogens with zero attached hydrogens (tertiary/aromatic N) is 4. The van der Waals surface area contributed by atoms with Crippen LogP contribution in [0.4, 0.5) is 5.82 Å². The van der Waals surface area contributed by atoms with E-state index in [2.05, 4.69) is 15.2 Å². The molecule has 5 rings (SSSR count). The summed E-state index contributed by atoms with van der Waals surface area (Å²) in [6, 6.07) is 3.87. The number of nitrogens with one attached hydrogen (secondary N) is 1. The lowest BCUT2D eigenvalue weighted by Crippen LogP contribution is -2.48. The van der Waals surface area contributed by atoms with Gasteiger partial charge < -0.3 is 10.2 Å². The van der Waals surface area contributed by atoms with Crippen molar-refractivity contribution in [3.05, 3.63) is 35.0 Å². The summed E-state index contributed by atoms with van der Waals surface area (Å²) in [6.45, 7) is 1.77. The van der Waals surface area contributed by atoms with Gasteiger partial charge >= 0.3 is 0 Å². The summed E-state index contributed by atoms with van der Waals surface area (Å²) < 4.78 is 0. The van der Waals surface area contributed by atoms with Crippen LogP contribution >= 0.6 is 11.3 Å². The lowest BCUT2D eigenvalue weighted by atomic mass is 10.1. The van der Waals surface area contributed by atoms with E-state index in [1.54, 1.807) is 23.7 Å². The molecule has 126 valence electrons. The Morgan fingerprint density at radius 2 is 2.20 bits per heavy atom. The molecule has 0 spiro atoms. The summed E-state index contributed by atoms with van der Waals surface area (Å²) >= 11 is 1.78. The van der Waals surface area contributed by atoms with Crippen LogP contribution in [0.15, 0.2) is 24.5 Å². The van der Waals surface area contributed by atoms with Crippen molar-refractivity contribution in [2.45, 2.75) is 19.3 Å². The number of pyridine rings is 1. The number of fused-ring (bicyclic) bond motifs is 3. The third kappa shape index (κ3) is 2.46. The molecular weight excluding hydrogens is 334 g/mol. The molecule has 1 aliphatic carbocycles. The van der Waals surface area contributed by atoms with Crippen molar-refractivity contribution >= 4 is 33.3 Å². The van der Waals surface area contributed by atoms with E-state index in [-0.39, 0.29) is 5.91 Å². The molecule has 6 nitrogen and oxygen atoms in total. The van der Waals surface area contributed by atoms with E-state index < -0.39 is 0 Å².